The van der Waals surface area contributed by atoms with Crippen molar-refractivity contribution in [2.24, 2.45) is 0 Å². The van der Waals surface area contributed by atoms with Crippen molar-refractivity contribution < 1.29 is 12.8 Å². The summed E-state index contributed by atoms with van der Waals surface area (Å²) in [4.78, 5) is 0. The van der Waals surface area contributed by atoms with Crippen molar-refractivity contribution >= 4 is 15.7 Å². The number of halogens is 1. The second-order valence-electron chi connectivity index (χ2n) is 4.12. The van der Waals surface area contributed by atoms with Crippen molar-refractivity contribution in [3.05, 3.63) is 41.8 Å². The van der Waals surface area contributed by atoms with Crippen molar-refractivity contribution in [2.75, 3.05) is 11.3 Å². The highest BCUT2D eigenvalue weighted by Crippen LogP contribution is 2.18. The maximum Gasteiger partial charge on any atom is 0.279 e. The number of H-pyrrole nitrogens is 1. The minimum Gasteiger partial charge on any atom is -0.313 e. The Morgan fingerprint density at radius 2 is 2.20 bits per heavy atom. The van der Waals surface area contributed by atoms with Crippen LogP contribution in [-0.4, -0.2) is 25.2 Å². The highest BCUT2D eigenvalue weighted by molar-refractivity contribution is 7.92. The van der Waals surface area contributed by atoms with Gasteiger partial charge in [-0.15, -0.1) is 0 Å². The molecule has 0 unspecified atom stereocenters. The average Bonchev–Trinajstić information content (AvgIpc) is 2.85. The van der Waals surface area contributed by atoms with E-state index in [-0.39, 0.29) is 10.7 Å². The molecule has 0 atom stereocenters. The number of aromatic amines is 1. The van der Waals surface area contributed by atoms with Gasteiger partial charge in [-0.2, -0.15) is 13.5 Å². The molecule has 1 aromatic carbocycles. The van der Waals surface area contributed by atoms with Crippen LogP contribution in [0.5, 0.6) is 0 Å². The van der Waals surface area contributed by atoms with E-state index in [1.54, 1.807) is 0 Å². The topological polar surface area (TPSA) is 86.9 Å². The van der Waals surface area contributed by atoms with E-state index in [2.05, 4.69) is 20.2 Å². The van der Waals surface area contributed by atoms with E-state index in [1.807, 2.05) is 6.92 Å². The lowest BCUT2D eigenvalue weighted by Gasteiger charge is -2.08. The molecular weight excluding hydrogens is 283 g/mol. The SMILES string of the molecule is CCNCc1cn[nH]c1S(=O)(=O)Nc1cccc(F)c1. The van der Waals surface area contributed by atoms with Crippen LogP contribution in [-0.2, 0) is 16.6 Å². The first kappa shape index (κ1) is 14.5. The molecule has 2 aromatic rings. The fourth-order valence-corrected chi connectivity index (χ4v) is 2.86. The Labute approximate surface area is 116 Å². The molecule has 0 bridgehead atoms. The Morgan fingerprint density at radius 3 is 2.90 bits per heavy atom. The summed E-state index contributed by atoms with van der Waals surface area (Å²) in [6.45, 7) is 3.01. The van der Waals surface area contributed by atoms with Gasteiger partial charge in [-0.1, -0.05) is 13.0 Å². The third-order valence-electron chi connectivity index (χ3n) is 2.59. The predicted molar refractivity (Wildman–Crippen MR) is 73.2 cm³/mol. The quantitative estimate of drug-likeness (QED) is 0.753. The standard InChI is InChI=1S/C12H15FN4O2S/c1-2-14-7-9-8-15-16-12(9)20(18,19)17-11-5-3-4-10(13)6-11/h3-6,8,14,17H,2,7H2,1H3,(H,15,16). The molecule has 8 heteroatoms. The van der Waals surface area contributed by atoms with Crippen molar-refractivity contribution in [3.8, 4) is 0 Å². The Balaban J connectivity index is 2.24. The van der Waals surface area contributed by atoms with Gasteiger partial charge in [-0.05, 0) is 24.7 Å². The second kappa shape index (κ2) is 6.02. The van der Waals surface area contributed by atoms with E-state index in [0.29, 0.717) is 18.7 Å². The van der Waals surface area contributed by atoms with Crippen LogP contribution in [0.25, 0.3) is 0 Å². The van der Waals surface area contributed by atoms with Gasteiger partial charge in [-0.3, -0.25) is 9.82 Å². The van der Waals surface area contributed by atoms with Crippen LogP contribution in [0.3, 0.4) is 0 Å². The highest BCUT2D eigenvalue weighted by atomic mass is 32.2. The summed E-state index contributed by atoms with van der Waals surface area (Å²) in [5, 5.41) is 9.20. The number of nitrogens with zero attached hydrogens (tertiary/aromatic N) is 1. The van der Waals surface area contributed by atoms with Crippen LogP contribution in [0.15, 0.2) is 35.5 Å². The third-order valence-corrected chi connectivity index (χ3v) is 3.98. The van der Waals surface area contributed by atoms with Crippen molar-refractivity contribution in [2.45, 2.75) is 18.5 Å². The minimum atomic E-state index is -3.82. The summed E-state index contributed by atoms with van der Waals surface area (Å²) in [5.41, 5.74) is 0.685. The van der Waals surface area contributed by atoms with Crippen molar-refractivity contribution in [1.29, 1.82) is 0 Å². The normalized spacial score (nSPS) is 11.5. The zero-order valence-electron chi connectivity index (χ0n) is 10.9. The van der Waals surface area contributed by atoms with Crippen LogP contribution in [0.4, 0.5) is 10.1 Å². The zero-order chi connectivity index (χ0) is 14.6. The van der Waals surface area contributed by atoms with Crippen molar-refractivity contribution in [1.82, 2.24) is 15.5 Å². The lowest BCUT2D eigenvalue weighted by Crippen LogP contribution is -2.18. The maximum atomic E-state index is 13.1. The van der Waals surface area contributed by atoms with E-state index in [0.717, 1.165) is 6.07 Å². The van der Waals surface area contributed by atoms with Gasteiger partial charge in [0.25, 0.3) is 10.0 Å². The molecule has 0 aliphatic rings. The number of nitrogens with one attached hydrogen (secondary N) is 3. The molecule has 3 N–H and O–H groups in total. The number of anilines is 1. The van der Waals surface area contributed by atoms with Crippen molar-refractivity contribution in [3.63, 3.8) is 0 Å². The number of benzene rings is 1. The maximum absolute atomic E-state index is 13.1. The van der Waals surface area contributed by atoms with Gasteiger partial charge >= 0.3 is 0 Å². The van der Waals surface area contributed by atoms with Gasteiger partial charge in [0.05, 0.1) is 11.9 Å². The van der Waals surface area contributed by atoms with Crippen LogP contribution >= 0.6 is 0 Å². The summed E-state index contributed by atoms with van der Waals surface area (Å²) in [6.07, 6.45) is 1.45. The first-order valence-corrected chi connectivity index (χ1v) is 7.52. The van der Waals surface area contributed by atoms with E-state index in [9.17, 15) is 12.8 Å². The number of hydrogen-bond donors (Lipinski definition) is 3. The number of rotatable bonds is 6. The molecule has 6 nitrogen and oxygen atoms in total. The molecule has 0 radical (unpaired) electrons. The van der Waals surface area contributed by atoms with Crippen LogP contribution in [0.2, 0.25) is 0 Å². The van der Waals surface area contributed by atoms with Crippen LogP contribution in [0, 0.1) is 5.82 Å². The molecule has 0 spiro atoms. The summed E-state index contributed by atoms with van der Waals surface area (Å²) in [7, 11) is -3.82. The summed E-state index contributed by atoms with van der Waals surface area (Å²) < 4.78 is 39.8. The van der Waals surface area contributed by atoms with Crippen LogP contribution in [0.1, 0.15) is 12.5 Å². The van der Waals surface area contributed by atoms with E-state index >= 15 is 0 Å². The molecule has 0 fully saturated rings. The average molecular weight is 298 g/mol. The molecule has 1 heterocycles. The van der Waals surface area contributed by atoms with Gasteiger partial charge in [0.15, 0.2) is 5.03 Å². The summed E-state index contributed by atoms with van der Waals surface area (Å²) >= 11 is 0. The molecule has 2 rings (SSSR count). The first-order valence-electron chi connectivity index (χ1n) is 6.04. The molecule has 1 aromatic heterocycles. The molecule has 0 saturated heterocycles. The Bertz CT molecular complexity index is 684. The van der Waals surface area contributed by atoms with E-state index in [1.165, 1.54) is 24.4 Å². The van der Waals surface area contributed by atoms with Gasteiger partial charge in [0, 0.05) is 12.1 Å². The Kier molecular flexibility index (Phi) is 4.35. The van der Waals surface area contributed by atoms with Crippen LogP contribution < -0.4 is 10.0 Å². The smallest absolute Gasteiger partial charge is 0.279 e. The van der Waals surface area contributed by atoms with Gasteiger partial charge < -0.3 is 5.32 Å². The monoisotopic (exact) mass is 298 g/mol. The number of sulfonamides is 1. The molecule has 20 heavy (non-hydrogen) atoms. The summed E-state index contributed by atoms with van der Waals surface area (Å²) in [6, 6.07) is 5.25. The highest BCUT2D eigenvalue weighted by Gasteiger charge is 2.20. The predicted octanol–water partition coefficient (Wildman–Crippen LogP) is 1.46. The first-order chi connectivity index (χ1) is 9.53. The molecule has 108 valence electrons. The molecule has 0 aliphatic carbocycles. The summed E-state index contributed by atoms with van der Waals surface area (Å²) in [5.74, 6) is -0.511. The van der Waals surface area contributed by atoms with E-state index in [4.69, 9.17) is 0 Å². The minimum absolute atomic E-state index is 0.0253. The zero-order valence-corrected chi connectivity index (χ0v) is 11.7. The van der Waals surface area contributed by atoms with Gasteiger partial charge in [0.1, 0.15) is 5.82 Å². The Morgan fingerprint density at radius 1 is 1.40 bits per heavy atom. The Hall–Kier alpha value is -1.93. The fourth-order valence-electron chi connectivity index (χ4n) is 1.68. The molecule has 0 saturated carbocycles. The number of hydrogen-bond acceptors (Lipinski definition) is 4. The lowest BCUT2D eigenvalue weighted by atomic mass is 10.3. The van der Waals surface area contributed by atoms with Gasteiger partial charge in [-0.25, -0.2) is 4.39 Å². The van der Waals surface area contributed by atoms with Gasteiger partial charge in [0.2, 0.25) is 0 Å². The molecule has 0 amide bonds. The third kappa shape index (κ3) is 3.34. The number of aromatic nitrogens is 2. The fraction of sp³-hybridized carbons (Fsp3) is 0.250. The second-order valence-corrected chi connectivity index (χ2v) is 5.74. The largest absolute Gasteiger partial charge is 0.313 e. The lowest BCUT2D eigenvalue weighted by molar-refractivity contribution is 0.594. The van der Waals surface area contributed by atoms with E-state index < -0.39 is 15.8 Å². The molecular formula is C12H15FN4O2S. The molecule has 0 aliphatic heterocycles.